The monoisotopic (exact) mass is 339 g/mol. The van der Waals surface area contributed by atoms with Gasteiger partial charge in [0.1, 0.15) is 0 Å². The summed E-state index contributed by atoms with van der Waals surface area (Å²) in [6.45, 7) is 7.05. The van der Waals surface area contributed by atoms with Gasteiger partial charge in [-0.05, 0) is 32.9 Å². The number of benzene rings is 1. The largest absolute Gasteiger partial charge is 0.345 e. The number of amides is 1. The molecule has 7 nitrogen and oxygen atoms in total. The van der Waals surface area contributed by atoms with Crippen molar-refractivity contribution in [3.63, 3.8) is 0 Å². The van der Waals surface area contributed by atoms with Crippen molar-refractivity contribution in [1.82, 2.24) is 24.6 Å². The van der Waals surface area contributed by atoms with Crippen LogP contribution in [0.15, 0.2) is 29.1 Å². The molecule has 0 fully saturated rings. The van der Waals surface area contributed by atoms with Crippen molar-refractivity contribution in [3.05, 3.63) is 57.4 Å². The van der Waals surface area contributed by atoms with E-state index in [1.807, 2.05) is 25.5 Å². The molecule has 0 radical (unpaired) electrons. The van der Waals surface area contributed by atoms with Crippen LogP contribution in [0.3, 0.4) is 0 Å². The zero-order valence-corrected chi connectivity index (χ0v) is 14.8. The number of hydrogen-bond acceptors (Lipinski definition) is 4. The van der Waals surface area contributed by atoms with E-state index in [2.05, 4.69) is 15.4 Å². The number of nitrogens with zero attached hydrogens (tertiary/aromatic N) is 4. The first kappa shape index (κ1) is 16.9. The Morgan fingerprint density at radius 3 is 2.64 bits per heavy atom. The minimum absolute atomic E-state index is 0.0990. The Balaban J connectivity index is 1.90. The number of para-hydroxylation sites is 1. The zero-order chi connectivity index (χ0) is 18.1. The minimum atomic E-state index is -0.381. The summed E-state index contributed by atoms with van der Waals surface area (Å²) in [5.41, 5.74) is 3.19. The molecule has 0 aliphatic rings. The van der Waals surface area contributed by atoms with Crippen LogP contribution in [0.25, 0.3) is 10.9 Å². The van der Waals surface area contributed by atoms with E-state index in [4.69, 9.17) is 0 Å². The Hall–Kier alpha value is -2.96. The minimum Gasteiger partial charge on any atom is -0.345 e. The number of nitrogens with one attached hydrogen (secondary N) is 1. The number of aromatic nitrogens is 4. The third-order valence-electron chi connectivity index (χ3n) is 4.44. The fourth-order valence-electron chi connectivity index (χ4n) is 2.97. The topological polar surface area (TPSA) is 81.8 Å². The predicted octanol–water partition coefficient (Wildman–Crippen LogP) is 1.70. The molecule has 2 heterocycles. The molecule has 0 atom stereocenters. The highest BCUT2D eigenvalue weighted by Gasteiger charge is 2.17. The Morgan fingerprint density at radius 2 is 1.96 bits per heavy atom. The van der Waals surface area contributed by atoms with Crippen LogP contribution in [0.4, 0.5) is 0 Å². The number of carbonyl (C=O) groups is 1. The third kappa shape index (κ3) is 2.93. The molecule has 0 aliphatic carbocycles. The van der Waals surface area contributed by atoms with Crippen LogP contribution in [0, 0.1) is 13.8 Å². The molecular formula is C18H21N5O2. The van der Waals surface area contributed by atoms with Gasteiger partial charge in [-0.3, -0.25) is 18.8 Å². The van der Waals surface area contributed by atoms with Gasteiger partial charge in [-0.15, -0.1) is 0 Å². The first-order valence-electron chi connectivity index (χ1n) is 8.20. The van der Waals surface area contributed by atoms with Crippen molar-refractivity contribution in [1.29, 1.82) is 0 Å². The Kier molecular flexibility index (Phi) is 4.39. The van der Waals surface area contributed by atoms with Gasteiger partial charge in [-0.2, -0.15) is 5.10 Å². The lowest BCUT2D eigenvalue weighted by Crippen LogP contribution is -2.32. The van der Waals surface area contributed by atoms with Crippen molar-refractivity contribution in [2.45, 2.75) is 33.9 Å². The van der Waals surface area contributed by atoms with Crippen LogP contribution < -0.4 is 10.9 Å². The van der Waals surface area contributed by atoms with E-state index in [9.17, 15) is 9.59 Å². The summed E-state index contributed by atoms with van der Waals surface area (Å²) in [4.78, 5) is 29.3. The quantitative estimate of drug-likeness (QED) is 0.784. The average Bonchev–Trinajstić information content (AvgIpc) is 2.89. The van der Waals surface area contributed by atoms with Gasteiger partial charge in [0.15, 0.2) is 0 Å². The molecule has 25 heavy (non-hydrogen) atoms. The SMILES string of the molecule is CCn1nc(C)c(CNC(=O)c2nc3ccccc3c(=O)n2C)c1C. The van der Waals surface area contributed by atoms with Crippen molar-refractivity contribution >= 4 is 16.8 Å². The lowest BCUT2D eigenvalue weighted by Gasteiger charge is -2.10. The molecule has 3 rings (SSSR count). The van der Waals surface area contributed by atoms with Crippen molar-refractivity contribution in [2.24, 2.45) is 7.05 Å². The van der Waals surface area contributed by atoms with Gasteiger partial charge in [0.2, 0.25) is 5.82 Å². The second-order valence-corrected chi connectivity index (χ2v) is 5.96. The molecule has 0 unspecified atom stereocenters. The molecule has 0 aliphatic heterocycles. The van der Waals surface area contributed by atoms with Gasteiger partial charge < -0.3 is 5.32 Å². The smallest absolute Gasteiger partial charge is 0.287 e. The zero-order valence-electron chi connectivity index (χ0n) is 14.8. The first-order chi connectivity index (χ1) is 11.9. The van der Waals surface area contributed by atoms with E-state index in [0.717, 1.165) is 23.5 Å². The van der Waals surface area contributed by atoms with Gasteiger partial charge >= 0.3 is 0 Å². The molecule has 0 saturated carbocycles. The van der Waals surface area contributed by atoms with Crippen molar-refractivity contribution in [3.8, 4) is 0 Å². The molecule has 3 aromatic rings. The Labute approximate surface area is 145 Å². The molecule has 1 aromatic carbocycles. The van der Waals surface area contributed by atoms with Crippen molar-refractivity contribution in [2.75, 3.05) is 0 Å². The number of aryl methyl sites for hydroxylation is 2. The molecule has 1 N–H and O–H groups in total. The number of fused-ring (bicyclic) bond motifs is 1. The van der Waals surface area contributed by atoms with Crippen LogP contribution in [0.1, 0.15) is 34.5 Å². The fourth-order valence-corrected chi connectivity index (χ4v) is 2.97. The van der Waals surface area contributed by atoms with E-state index in [1.165, 1.54) is 4.57 Å². The highest BCUT2D eigenvalue weighted by atomic mass is 16.2. The second kappa shape index (κ2) is 6.51. The van der Waals surface area contributed by atoms with E-state index in [-0.39, 0.29) is 17.3 Å². The Bertz CT molecular complexity index is 1020. The lowest BCUT2D eigenvalue weighted by molar-refractivity contribution is 0.0936. The number of rotatable bonds is 4. The summed E-state index contributed by atoms with van der Waals surface area (Å²) in [7, 11) is 1.56. The molecule has 0 bridgehead atoms. The molecule has 130 valence electrons. The van der Waals surface area contributed by atoms with Crippen LogP contribution in [0.5, 0.6) is 0 Å². The van der Waals surface area contributed by atoms with E-state index in [1.54, 1.807) is 31.3 Å². The lowest BCUT2D eigenvalue weighted by atomic mass is 10.2. The third-order valence-corrected chi connectivity index (χ3v) is 4.44. The normalized spacial score (nSPS) is 11.0. The maximum atomic E-state index is 12.6. The molecule has 1 amide bonds. The summed E-state index contributed by atoms with van der Waals surface area (Å²) in [5.74, 6) is -0.282. The first-order valence-corrected chi connectivity index (χ1v) is 8.20. The fraction of sp³-hybridized carbons (Fsp3) is 0.333. The Morgan fingerprint density at radius 1 is 1.24 bits per heavy atom. The molecule has 0 saturated heterocycles. The number of carbonyl (C=O) groups excluding carboxylic acids is 1. The standard InChI is InChI=1S/C18H21N5O2/c1-5-23-12(3)14(11(2)21-23)10-19-17(24)16-20-15-9-7-6-8-13(15)18(25)22(16)4/h6-9H,5,10H2,1-4H3,(H,19,24). The van der Waals surface area contributed by atoms with Crippen LogP contribution >= 0.6 is 0 Å². The van der Waals surface area contributed by atoms with Gasteiger partial charge in [0, 0.05) is 31.4 Å². The van der Waals surface area contributed by atoms with E-state index in [0.29, 0.717) is 17.4 Å². The van der Waals surface area contributed by atoms with Gasteiger partial charge in [-0.25, -0.2) is 4.98 Å². The molecular weight excluding hydrogens is 318 g/mol. The summed E-state index contributed by atoms with van der Waals surface area (Å²) in [5, 5.41) is 7.80. The number of hydrogen-bond donors (Lipinski definition) is 1. The molecule has 7 heteroatoms. The van der Waals surface area contributed by atoms with Gasteiger partial charge in [-0.1, -0.05) is 12.1 Å². The highest BCUT2D eigenvalue weighted by molar-refractivity contribution is 5.92. The van der Waals surface area contributed by atoms with Crippen LogP contribution in [-0.4, -0.2) is 25.2 Å². The van der Waals surface area contributed by atoms with Crippen LogP contribution in [0.2, 0.25) is 0 Å². The second-order valence-electron chi connectivity index (χ2n) is 5.96. The van der Waals surface area contributed by atoms with E-state index < -0.39 is 0 Å². The molecule has 2 aromatic heterocycles. The summed E-state index contributed by atoms with van der Waals surface area (Å²) < 4.78 is 3.19. The highest BCUT2D eigenvalue weighted by Crippen LogP contribution is 2.13. The molecule has 0 spiro atoms. The van der Waals surface area contributed by atoms with E-state index >= 15 is 0 Å². The summed E-state index contributed by atoms with van der Waals surface area (Å²) in [6, 6.07) is 7.01. The van der Waals surface area contributed by atoms with Gasteiger partial charge in [0.05, 0.1) is 16.6 Å². The maximum Gasteiger partial charge on any atom is 0.287 e. The maximum absolute atomic E-state index is 12.6. The van der Waals surface area contributed by atoms with Crippen LogP contribution in [-0.2, 0) is 20.1 Å². The van der Waals surface area contributed by atoms with Crippen molar-refractivity contribution < 1.29 is 4.79 Å². The average molecular weight is 339 g/mol. The summed E-state index contributed by atoms with van der Waals surface area (Å²) in [6.07, 6.45) is 0. The van der Waals surface area contributed by atoms with Gasteiger partial charge in [0.25, 0.3) is 11.5 Å². The summed E-state index contributed by atoms with van der Waals surface area (Å²) >= 11 is 0. The predicted molar refractivity (Wildman–Crippen MR) is 95.5 cm³/mol.